The van der Waals surface area contributed by atoms with Crippen LogP contribution in [-0.2, 0) is 0 Å². The fourth-order valence-corrected chi connectivity index (χ4v) is 19.0. The molecule has 0 bridgehead atoms. The Labute approximate surface area is 423 Å². The van der Waals surface area contributed by atoms with Gasteiger partial charge in [-0.25, -0.2) is 0 Å². The maximum Gasteiger partial charge on any atom is 0.460 e. The first-order valence-corrected chi connectivity index (χ1v) is 29.4. The molecule has 1 heterocycles. The van der Waals surface area contributed by atoms with Gasteiger partial charge in [0.2, 0.25) is 0 Å². The van der Waals surface area contributed by atoms with Crippen molar-refractivity contribution in [2.24, 2.45) is 18.1 Å². The Morgan fingerprint density at radius 1 is 0.181 bits per heavy atom. The normalized spacial score (nSPS) is 15.0. The summed E-state index contributed by atoms with van der Waals surface area (Å²) in [5.41, 5.74) is 8.01. The van der Waals surface area contributed by atoms with Crippen LogP contribution in [0.25, 0.3) is 0 Å². The monoisotopic (exact) mass is 1040 g/mol. The highest BCUT2D eigenvalue weighted by atomic mass is 31.3. The van der Waals surface area contributed by atoms with Crippen LogP contribution >= 0.6 is 30.6 Å². The van der Waals surface area contributed by atoms with Crippen molar-refractivity contribution < 1.29 is 36.2 Å². The number of hydrogen-bond acceptors (Lipinski definition) is 12. The van der Waals surface area contributed by atoms with Gasteiger partial charge in [0.15, 0.2) is 0 Å². The van der Waals surface area contributed by atoms with E-state index in [0.717, 1.165) is 44.5 Å². The third kappa shape index (κ3) is 12.9. The van der Waals surface area contributed by atoms with E-state index in [2.05, 4.69) is 0 Å². The second-order valence-electron chi connectivity index (χ2n) is 17.6. The zero-order valence-corrected chi connectivity index (χ0v) is 44.9. The van der Waals surface area contributed by atoms with Crippen molar-refractivity contribution in [3.8, 4) is 46.0 Å². The first-order chi connectivity index (χ1) is 34.6. The molecule has 0 N–H and O–H groups in total. The minimum absolute atomic E-state index is 0.370. The smallest absolute Gasteiger partial charge is 0.413 e. The Morgan fingerprint density at radius 2 is 0.278 bits per heavy atom. The zero-order chi connectivity index (χ0) is 50.4. The van der Waals surface area contributed by atoms with E-state index in [1.54, 1.807) is 0 Å². The van der Waals surface area contributed by atoms with Gasteiger partial charge in [0.1, 0.15) is 46.0 Å². The Hall–Kier alpha value is -6.92. The summed E-state index contributed by atoms with van der Waals surface area (Å²) in [6.07, 6.45) is 0. The van der Waals surface area contributed by atoms with Gasteiger partial charge in [-0.1, -0.05) is 160 Å². The maximum absolute atomic E-state index is 7.24. The molecule has 1 aliphatic heterocycles. The van der Waals surface area contributed by atoms with Crippen molar-refractivity contribution in [3.05, 3.63) is 239 Å². The molecule has 0 spiro atoms. The van der Waals surface area contributed by atoms with Gasteiger partial charge in [0, 0.05) is 0 Å². The molecule has 0 aromatic heterocycles. The van der Waals surface area contributed by atoms with Gasteiger partial charge in [-0.15, -0.1) is 0 Å². The fraction of sp³-hybridized carbons (Fsp3) is 0.143. The van der Waals surface area contributed by atoms with Gasteiger partial charge in [-0.2, -0.15) is 0 Å². The van der Waals surface area contributed by atoms with Crippen LogP contribution in [0.15, 0.2) is 212 Å². The first-order valence-electron chi connectivity index (χ1n) is 23.3. The summed E-state index contributed by atoms with van der Waals surface area (Å²) in [6.45, 7) is 16.0. The summed E-state index contributed by atoms with van der Waals surface area (Å²) in [4.78, 5) is 0. The number of rotatable bonds is 16. The summed E-state index contributed by atoms with van der Waals surface area (Å²) in [5, 5.41) is 0. The molecule has 72 heavy (non-hydrogen) atoms. The van der Waals surface area contributed by atoms with Crippen LogP contribution < -0.4 is 36.2 Å². The van der Waals surface area contributed by atoms with Gasteiger partial charge in [0.25, 0.3) is 0 Å². The molecule has 16 heteroatoms. The van der Waals surface area contributed by atoms with Crippen LogP contribution in [0, 0.1) is 55.4 Å². The summed E-state index contributed by atoms with van der Waals surface area (Å²) in [6, 6.07) is 60.1. The summed E-state index contributed by atoms with van der Waals surface area (Å²) in [5.74, 6) is 2.96. The lowest BCUT2D eigenvalue weighted by Crippen LogP contribution is -2.11. The van der Waals surface area contributed by atoms with Crippen LogP contribution in [0.2, 0.25) is 0 Å². The van der Waals surface area contributed by atoms with Crippen molar-refractivity contribution in [1.29, 1.82) is 0 Å². The molecule has 0 radical (unpaired) electrons. The van der Waals surface area contributed by atoms with E-state index < -0.39 is 30.6 Å². The molecule has 0 aliphatic carbocycles. The fourth-order valence-electron chi connectivity index (χ4n) is 6.90. The number of nitrogens with zero attached hydrogens (tertiary/aromatic N) is 4. The summed E-state index contributed by atoms with van der Waals surface area (Å²) < 4.78 is 80.5. The average molecular weight is 1040 g/mol. The van der Waals surface area contributed by atoms with Crippen molar-refractivity contribution in [2.75, 3.05) is 0 Å². The van der Waals surface area contributed by atoms with E-state index >= 15 is 0 Å². The molecular formula is C56H56N4O8P4. The maximum atomic E-state index is 7.24. The van der Waals surface area contributed by atoms with Gasteiger partial charge < -0.3 is 36.2 Å². The molecule has 8 aromatic carbocycles. The molecular weight excluding hydrogens is 981 g/mol. The van der Waals surface area contributed by atoms with Crippen molar-refractivity contribution >= 4 is 30.6 Å². The molecule has 0 saturated carbocycles. The van der Waals surface area contributed by atoms with Crippen LogP contribution in [0.1, 0.15) is 44.5 Å². The zero-order valence-electron chi connectivity index (χ0n) is 41.3. The Morgan fingerprint density at radius 3 is 0.375 bits per heavy atom. The second-order valence-corrected chi connectivity index (χ2v) is 25.8. The molecule has 12 nitrogen and oxygen atoms in total. The Bertz CT molecular complexity index is 2700. The van der Waals surface area contributed by atoms with E-state index in [9.17, 15) is 0 Å². The average Bonchev–Trinajstić information content (AvgIpc) is 3.34. The van der Waals surface area contributed by atoms with E-state index in [0.29, 0.717) is 46.0 Å². The molecule has 1 aliphatic rings. The standard InChI is InChI=1S/C56H56N4O8P4/c1-41-9-25-49(26-10-41)61-69(62-50-27-11-42(2)12-28-50)57-70(63-51-29-13-43(3)14-30-51,64-52-31-15-44(4)16-32-52)59-72(67-55-37-21-47(7)22-38-55,68-56-39-23-48(8)24-40-56)60-71(58-69,65-53-33-17-45(5)18-34-53)66-54-35-19-46(6)20-36-54/h9-40H,1-8H3. The van der Waals surface area contributed by atoms with Gasteiger partial charge in [-0.3, -0.25) is 0 Å². The molecule has 8 aromatic rings. The van der Waals surface area contributed by atoms with Gasteiger partial charge in [0.05, 0.1) is 0 Å². The molecule has 9 rings (SSSR count). The predicted octanol–water partition coefficient (Wildman–Crippen LogP) is 18.9. The van der Waals surface area contributed by atoms with E-state index in [-0.39, 0.29) is 0 Å². The molecule has 368 valence electrons. The highest BCUT2D eigenvalue weighted by Crippen LogP contribution is 2.79. The molecule has 0 fully saturated rings. The van der Waals surface area contributed by atoms with E-state index in [1.807, 2.05) is 250 Å². The summed E-state index contributed by atoms with van der Waals surface area (Å²) >= 11 is 0. The first kappa shape index (κ1) is 50.0. The third-order valence-electron chi connectivity index (χ3n) is 10.9. The van der Waals surface area contributed by atoms with Crippen LogP contribution in [0.5, 0.6) is 46.0 Å². The van der Waals surface area contributed by atoms with Gasteiger partial charge >= 0.3 is 30.6 Å². The summed E-state index contributed by atoms with van der Waals surface area (Å²) in [7, 11) is -17.7. The van der Waals surface area contributed by atoms with Crippen LogP contribution in [-0.4, -0.2) is 0 Å². The van der Waals surface area contributed by atoms with Crippen molar-refractivity contribution in [1.82, 2.24) is 0 Å². The second kappa shape index (κ2) is 21.4. The minimum Gasteiger partial charge on any atom is -0.413 e. The lowest BCUT2D eigenvalue weighted by molar-refractivity contribution is 0.443. The highest BCUT2D eigenvalue weighted by Gasteiger charge is 2.49. The SMILES string of the molecule is Cc1ccc(OP2(Oc3ccc(C)cc3)=NP(Oc3ccc(C)cc3)(Oc3ccc(C)cc3)=NP(Oc3ccc(C)cc3)(Oc3ccc(C)cc3)=NP(Oc3ccc(C)cc3)(Oc3ccc(C)cc3)=N2)cc1. The number of hydrogen-bond donors (Lipinski definition) is 0. The van der Waals surface area contributed by atoms with Crippen molar-refractivity contribution in [3.63, 3.8) is 0 Å². The van der Waals surface area contributed by atoms with E-state index in [1.165, 1.54) is 0 Å². The topological polar surface area (TPSA) is 123 Å². The lowest BCUT2D eigenvalue weighted by Gasteiger charge is -2.33. The van der Waals surface area contributed by atoms with Crippen LogP contribution in [0.4, 0.5) is 0 Å². The quantitative estimate of drug-likeness (QED) is 0.0877. The highest BCUT2D eigenvalue weighted by molar-refractivity contribution is 7.79. The van der Waals surface area contributed by atoms with E-state index in [4.69, 9.17) is 54.3 Å². The lowest BCUT2D eigenvalue weighted by atomic mass is 10.2. The third-order valence-corrected chi connectivity index (χ3v) is 21.7. The predicted molar refractivity (Wildman–Crippen MR) is 292 cm³/mol. The van der Waals surface area contributed by atoms with Crippen LogP contribution in [0.3, 0.4) is 0 Å². The Balaban J connectivity index is 1.50. The van der Waals surface area contributed by atoms with Crippen molar-refractivity contribution in [2.45, 2.75) is 55.4 Å². The Kier molecular flexibility index (Phi) is 14.9. The van der Waals surface area contributed by atoms with Gasteiger partial charge in [-0.05, 0) is 152 Å². The molecule has 0 saturated heterocycles. The molecule has 0 atom stereocenters. The molecule has 0 amide bonds. The minimum atomic E-state index is -4.43. The largest absolute Gasteiger partial charge is 0.460 e. The number of benzene rings is 8. The number of aryl methyl sites for hydroxylation is 8. The molecule has 0 unspecified atom stereocenters.